The van der Waals surface area contributed by atoms with Crippen LogP contribution in [0.2, 0.25) is 0 Å². The normalized spacial score (nSPS) is 12.0. The first kappa shape index (κ1) is 15.4. The molecule has 1 amide bonds. The molecule has 0 aliphatic rings. The van der Waals surface area contributed by atoms with Crippen molar-refractivity contribution in [2.45, 2.75) is 18.1 Å². The Balaban J connectivity index is 1.90. The van der Waals surface area contributed by atoms with Gasteiger partial charge in [-0.05, 0) is 19.1 Å². The Morgan fingerprint density at radius 3 is 2.71 bits per heavy atom. The molecular formula is C14H13F2N3OS. The van der Waals surface area contributed by atoms with Crippen LogP contribution in [0.5, 0.6) is 0 Å². The molecule has 1 atom stereocenters. The van der Waals surface area contributed by atoms with Crippen molar-refractivity contribution in [1.29, 1.82) is 0 Å². The average molecular weight is 309 g/mol. The summed E-state index contributed by atoms with van der Waals surface area (Å²) in [6.45, 7) is 1.64. The van der Waals surface area contributed by atoms with E-state index < -0.39 is 17.7 Å². The molecule has 2 rings (SSSR count). The first-order chi connectivity index (χ1) is 10.1. The van der Waals surface area contributed by atoms with E-state index in [0.29, 0.717) is 5.16 Å². The van der Waals surface area contributed by atoms with Crippen molar-refractivity contribution < 1.29 is 13.6 Å². The monoisotopic (exact) mass is 309 g/mol. The molecular weight excluding hydrogens is 296 g/mol. The number of hydrogen-bond acceptors (Lipinski definition) is 4. The largest absolute Gasteiger partial charge is 0.349 e. The fourth-order valence-corrected chi connectivity index (χ4v) is 2.32. The van der Waals surface area contributed by atoms with Crippen LogP contribution in [0.3, 0.4) is 0 Å². The molecule has 2 aromatic rings. The van der Waals surface area contributed by atoms with E-state index in [0.717, 1.165) is 12.1 Å². The van der Waals surface area contributed by atoms with Crippen molar-refractivity contribution >= 4 is 17.7 Å². The van der Waals surface area contributed by atoms with E-state index in [1.807, 2.05) is 0 Å². The summed E-state index contributed by atoms with van der Waals surface area (Å²) in [7, 11) is 0. The molecule has 0 spiro atoms. The van der Waals surface area contributed by atoms with Crippen LogP contribution in [0.4, 0.5) is 8.78 Å². The lowest BCUT2D eigenvalue weighted by molar-refractivity contribution is -0.119. The molecule has 110 valence electrons. The van der Waals surface area contributed by atoms with Crippen molar-refractivity contribution in [3.63, 3.8) is 0 Å². The van der Waals surface area contributed by atoms with Crippen LogP contribution in [0.25, 0.3) is 0 Å². The summed E-state index contributed by atoms with van der Waals surface area (Å²) >= 11 is 1.18. The van der Waals surface area contributed by atoms with Crippen molar-refractivity contribution in [2.24, 2.45) is 0 Å². The first-order valence-electron chi connectivity index (χ1n) is 6.20. The smallest absolute Gasteiger partial charge is 0.230 e. The van der Waals surface area contributed by atoms with E-state index in [9.17, 15) is 13.6 Å². The topological polar surface area (TPSA) is 54.9 Å². The van der Waals surface area contributed by atoms with Gasteiger partial charge in [-0.1, -0.05) is 17.8 Å². The minimum Gasteiger partial charge on any atom is -0.349 e. The fraction of sp³-hybridized carbons (Fsp3) is 0.214. The summed E-state index contributed by atoms with van der Waals surface area (Å²) in [5.74, 6) is -1.48. The van der Waals surface area contributed by atoms with Gasteiger partial charge in [0, 0.05) is 24.0 Å². The Bertz CT molecular complexity index is 625. The Labute approximate surface area is 125 Å². The predicted molar refractivity (Wildman–Crippen MR) is 75.7 cm³/mol. The average Bonchev–Trinajstić information content (AvgIpc) is 2.46. The molecule has 0 aliphatic heterocycles. The highest BCUT2D eigenvalue weighted by Gasteiger charge is 2.14. The van der Waals surface area contributed by atoms with Gasteiger partial charge in [0.2, 0.25) is 5.91 Å². The summed E-state index contributed by atoms with van der Waals surface area (Å²) in [6.07, 6.45) is 3.17. The lowest BCUT2D eigenvalue weighted by Gasteiger charge is -2.14. The van der Waals surface area contributed by atoms with Crippen LogP contribution >= 0.6 is 11.8 Å². The molecule has 1 aromatic carbocycles. The molecule has 0 bridgehead atoms. The van der Waals surface area contributed by atoms with Gasteiger partial charge in [0.15, 0.2) is 5.16 Å². The summed E-state index contributed by atoms with van der Waals surface area (Å²) < 4.78 is 26.4. The zero-order valence-corrected chi connectivity index (χ0v) is 12.0. The molecule has 0 radical (unpaired) electrons. The molecule has 0 unspecified atom stereocenters. The number of aromatic nitrogens is 2. The van der Waals surface area contributed by atoms with Gasteiger partial charge in [-0.2, -0.15) is 0 Å². The number of carbonyl (C=O) groups is 1. The summed E-state index contributed by atoms with van der Waals surface area (Å²) in [5, 5.41) is 3.14. The Morgan fingerprint density at radius 2 is 2.05 bits per heavy atom. The molecule has 0 saturated carbocycles. The summed E-state index contributed by atoms with van der Waals surface area (Å²) in [4.78, 5) is 19.8. The molecule has 0 fully saturated rings. The van der Waals surface area contributed by atoms with Crippen LogP contribution in [-0.2, 0) is 4.79 Å². The highest BCUT2D eigenvalue weighted by molar-refractivity contribution is 7.99. The number of amides is 1. The number of hydrogen-bond donors (Lipinski definition) is 1. The highest BCUT2D eigenvalue weighted by atomic mass is 32.2. The molecule has 21 heavy (non-hydrogen) atoms. The van der Waals surface area contributed by atoms with Crippen LogP contribution in [0, 0.1) is 11.6 Å². The Morgan fingerprint density at radius 1 is 1.33 bits per heavy atom. The van der Waals surface area contributed by atoms with Gasteiger partial charge in [-0.15, -0.1) is 0 Å². The number of benzene rings is 1. The number of nitrogens with one attached hydrogen (secondary N) is 1. The summed E-state index contributed by atoms with van der Waals surface area (Å²) in [6, 6.07) is 4.42. The Kier molecular flexibility index (Phi) is 5.21. The number of nitrogens with zero attached hydrogens (tertiary/aromatic N) is 2. The van der Waals surface area contributed by atoms with Crippen LogP contribution in [0.1, 0.15) is 18.5 Å². The van der Waals surface area contributed by atoms with Crippen molar-refractivity contribution in [1.82, 2.24) is 15.3 Å². The molecule has 4 nitrogen and oxygen atoms in total. The summed E-state index contributed by atoms with van der Waals surface area (Å²) in [5.41, 5.74) is 0.241. The third-order valence-electron chi connectivity index (χ3n) is 2.68. The minimum atomic E-state index is -0.679. The molecule has 0 saturated heterocycles. The SMILES string of the molecule is C[C@@H](NC(=O)CSc1ncccn1)c1ccc(F)cc1F. The fourth-order valence-electron chi connectivity index (χ4n) is 1.70. The van der Waals surface area contributed by atoms with Crippen molar-refractivity contribution in [3.8, 4) is 0 Å². The number of halogens is 2. The van der Waals surface area contributed by atoms with Gasteiger partial charge in [0.05, 0.1) is 11.8 Å². The van der Waals surface area contributed by atoms with E-state index in [4.69, 9.17) is 0 Å². The second-order valence-electron chi connectivity index (χ2n) is 4.28. The van der Waals surface area contributed by atoms with Crippen LogP contribution in [-0.4, -0.2) is 21.6 Å². The quantitative estimate of drug-likeness (QED) is 0.681. The van der Waals surface area contributed by atoms with Gasteiger partial charge in [-0.25, -0.2) is 18.7 Å². The first-order valence-corrected chi connectivity index (χ1v) is 7.19. The molecule has 1 N–H and O–H groups in total. The van der Waals surface area contributed by atoms with Gasteiger partial charge < -0.3 is 5.32 Å². The number of carbonyl (C=O) groups excluding carboxylic acids is 1. The second-order valence-corrected chi connectivity index (χ2v) is 5.22. The minimum absolute atomic E-state index is 0.122. The standard InChI is InChI=1S/C14H13F2N3OS/c1-9(11-4-3-10(15)7-12(11)16)19-13(20)8-21-14-17-5-2-6-18-14/h2-7,9H,8H2,1H3,(H,19,20)/t9-/m1/s1. The zero-order valence-electron chi connectivity index (χ0n) is 11.2. The van der Waals surface area contributed by atoms with Crippen molar-refractivity contribution in [2.75, 3.05) is 5.75 Å². The molecule has 7 heteroatoms. The van der Waals surface area contributed by atoms with Gasteiger partial charge in [0.25, 0.3) is 0 Å². The zero-order chi connectivity index (χ0) is 15.2. The third-order valence-corrected chi connectivity index (χ3v) is 3.56. The third kappa shape index (κ3) is 4.49. The van der Waals surface area contributed by atoms with E-state index in [1.54, 1.807) is 25.4 Å². The maximum absolute atomic E-state index is 13.6. The lowest BCUT2D eigenvalue weighted by Crippen LogP contribution is -2.28. The van der Waals surface area contributed by atoms with Gasteiger partial charge in [-0.3, -0.25) is 4.79 Å². The lowest BCUT2D eigenvalue weighted by atomic mass is 10.1. The highest BCUT2D eigenvalue weighted by Crippen LogP contribution is 2.18. The van der Waals surface area contributed by atoms with Crippen molar-refractivity contribution in [3.05, 3.63) is 53.9 Å². The number of rotatable bonds is 5. The Hall–Kier alpha value is -2.02. The second kappa shape index (κ2) is 7.12. The van der Waals surface area contributed by atoms with E-state index in [1.165, 1.54) is 17.8 Å². The molecule has 1 aromatic heterocycles. The maximum Gasteiger partial charge on any atom is 0.230 e. The van der Waals surface area contributed by atoms with E-state index >= 15 is 0 Å². The molecule has 0 aliphatic carbocycles. The van der Waals surface area contributed by atoms with Gasteiger partial charge in [0.1, 0.15) is 11.6 Å². The number of thioether (sulfide) groups is 1. The van der Waals surface area contributed by atoms with Gasteiger partial charge >= 0.3 is 0 Å². The van der Waals surface area contributed by atoms with Crippen LogP contribution < -0.4 is 5.32 Å². The molecule has 1 heterocycles. The maximum atomic E-state index is 13.6. The van der Waals surface area contributed by atoms with E-state index in [-0.39, 0.29) is 17.2 Å². The van der Waals surface area contributed by atoms with Crippen LogP contribution in [0.15, 0.2) is 41.8 Å². The van der Waals surface area contributed by atoms with E-state index in [2.05, 4.69) is 15.3 Å². The predicted octanol–water partition coefficient (Wildman–Crippen LogP) is 2.72.